The van der Waals surface area contributed by atoms with Gasteiger partial charge in [0.1, 0.15) is 0 Å². The number of rotatable bonds is 6. The zero-order valence-corrected chi connectivity index (χ0v) is 14.9. The number of carbonyl (C=O) groups excluding carboxylic acids is 1. The van der Waals surface area contributed by atoms with Crippen molar-refractivity contribution in [3.05, 3.63) is 76.2 Å². The highest BCUT2D eigenvalue weighted by molar-refractivity contribution is 7.98. The molecule has 0 fully saturated rings. The third-order valence-electron chi connectivity index (χ3n) is 3.49. The third-order valence-corrected chi connectivity index (χ3v) is 5.23. The Kier molecular flexibility index (Phi) is 5.83. The van der Waals surface area contributed by atoms with Gasteiger partial charge in [-0.3, -0.25) is 4.79 Å². The van der Waals surface area contributed by atoms with Gasteiger partial charge in [0.2, 0.25) is 0 Å². The third kappa shape index (κ3) is 4.69. The van der Waals surface area contributed by atoms with Gasteiger partial charge in [0, 0.05) is 21.7 Å². The number of thiazole rings is 1. The summed E-state index contributed by atoms with van der Waals surface area (Å²) in [5.74, 6) is 0.589. The summed E-state index contributed by atoms with van der Waals surface area (Å²) in [6, 6.07) is 17.0. The predicted molar refractivity (Wildman–Crippen MR) is 102 cm³/mol. The van der Waals surface area contributed by atoms with Crippen molar-refractivity contribution >= 4 is 34.7 Å². The number of hydrogen-bond acceptors (Lipinski definition) is 5. The van der Waals surface area contributed by atoms with Crippen LogP contribution < -0.4 is 5.32 Å². The molecule has 0 aliphatic rings. The first-order valence-corrected chi connectivity index (χ1v) is 9.55. The first kappa shape index (κ1) is 17.2. The van der Waals surface area contributed by atoms with Crippen LogP contribution in [0.25, 0.3) is 0 Å². The van der Waals surface area contributed by atoms with E-state index in [2.05, 4.69) is 16.4 Å². The molecule has 0 atom stereocenters. The lowest BCUT2D eigenvalue weighted by Crippen LogP contribution is -2.13. The SMILES string of the molecule is N#CCc1ccc(NC(=O)c2ccccc2SCc2cscn2)cc1. The molecule has 124 valence electrons. The summed E-state index contributed by atoms with van der Waals surface area (Å²) < 4.78 is 0. The number of nitrogens with zero attached hydrogens (tertiary/aromatic N) is 2. The summed E-state index contributed by atoms with van der Waals surface area (Å²) in [6.07, 6.45) is 0.365. The number of hydrogen-bond donors (Lipinski definition) is 1. The van der Waals surface area contributed by atoms with Crippen molar-refractivity contribution in [1.29, 1.82) is 5.26 Å². The summed E-state index contributed by atoms with van der Waals surface area (Å²) in [4.78, 5) is 17.8. The fraction of sp³-hybridized carbons (Fsp3) is 0.105. The van der Waals surface area contributed by atoms with Crippen LogP contribution in [-0.2, 0) is 12.2 Å². The number of thioether (sulfide) groups is 1. The van der Waals surface area contributed by atoms with Gasteiger partial charge < -0.3 is 5.32 Å². The average molecular weight is 365 g/mol. The molecule has 0 bridgehead atoms. The molecule has 0 saturated carbocycles. The molecule has 0 aliphatic carbocycles. The first-order chi connectivity index (χ1) is 12.3. The quantitative estimate of drug-likeness (QED) is 0.640. The van der Waals surface area contributed by atoms with Crippen LogP contribution >= 0.6 is 23.1 Å². The Morgan fingerprint density at radius 1 is 1.20 bits per heavy atom. The predicted octanol–water partition coefficient (Wildman–Crippen LogP) is 4.75. The van der Waals surface area contributed by atoms with Crippen molar-refractivity contribution in [2.45, 2.75) is 17.1 Å². The molecule has 25 heavy (non-hydrogen) atoms. The highest BCUT2D eigenvalue weighted by Gasteiger charge is 2.12. The fourth-order valence-electron chi connectivity index (χ4n) is 2.24. The minimum Gasteiger partial charge on any atom is -0.322 e. The van der Waals surface area contributed by atoms with Gasteiger partial charge in [0.25, 0.3) is 5.91 Å². The topological polar surface area (TPSA) is 65.8 Å². The number of nitrogens with one attached hydrogen (secondary N) is 1. The van der Waals surface area contributed by atoms with Crippen LogP contribution in [-0.4, -0.2) is 10.9 Å². The summed E-state index contributed by atoms with van der Waals surface area (Å²) >= 11 is 3.17. The van der Waals surface area contributed by atoms with Crippen molar-refractivity contribution in [1.82, 2.24) is 4.98 Å². The molecule has 0 unspecified atom stereocenters. The van der Waals surface area contributed by atoms with E-state index in [1.165, 1.54) is 0 Å². The second-order valence-electron chi connectivity index (χ2n) is 5.25. The van der Waals surface area contributed by atoms with E-state index in [9.17, 15) is 4.79 Å². The molecule has 3 rings (SSSR count). The molecule has 0 aliphatic heterocycles. The highest BCUT2D eigenvalue weighted by Crippen LogP contribution is 2.27. The van der Waals surface area contributed by atoms with Gasteiger partial charge in [-0.15, -0.1) is 23.1 Å². The minimum absolute atomic E-state index is 0.144. The number of amides is 1. The van der Waals surface area contributed by atoms with Gasteiger partial charge >= 0.3 is 0 Å². The van der Waals surface area contributed by atoms with Crippen LogP contribution in [0.2, 0.25) is 0 Å². The van der Waals surface area contributed by atoms with Crippen LogP contribution in [0, 0.1) is 11.3 Å². The Bertz CT molecular complexity index is 884. The van der Waals surface area contributed by atoms with Crippen molar-refractivity contribution in [3.63, 3.8) is 0 Å². The Hall–Kier alpha value is -2.62. The smallest absolute Gasteiger partial charge is 0.256 e. The maximum atomic E-state index is 12.6. The Morgan fingerprint density at radius 2 is 2.00 bits per heavy atom. The zero-order chi connectivity index (χ0) is 17.5. The molecule has 4 nitrogen and oxygen atoms in total. The maximum absolute atomic E-state index is 12.6. The van der Waals surface area contributed by atoms with Gasteiger partial charge in [-0.25, -0.2) is 4.98 Å². The lowest BCUT2D eigenvalue weighted by atomic mass is 10.1. The summed E-state index contributed by atoms with van der Waals surface area (Å²) in [6.45, 7) is 0. The molecule has 6 heteroatoms. The van der Waals surface area contributed by atoms with Crippen molar-refractivity contribution < 1.29 is 4.79 Å². The lowest BCUT2D eigenvalue weighted by molar-refractivity contribution is 0.102. The van der Waals surface area contributed by atoms with Gasteiger partial charge in [0.05, 0.1) is 29.3 Å². The Labute approximate surface area is 154 Å². The molecule has 0 spiro atoms. The highest BCUT2D eigenvalue weighted by atomic mass is 32.2. The monoisotopic (exact) mass is 365 g/mol. The summed E-state index contributed by atoms with van der Waals surface area (Å²) in [5, 5.41) is 13.6. The normalized spacial score (nSPS) is 10.2. The molecule has 1 aromatic heterocycles. The maximum Gasteiger partial charge on any atom is 0.256 e. The molecular formula is C19H15N3OS2. The largest absolute Gasteiger partial charge is 0.322 e. The van der Waals surface area contributed by atoms with E-state index in [0.717, 1.165) is 21.9 Å². The van der Waals surface area contributed by atoms with Gasteiger partial charge in [0.15, 0.2) is 0 Å². The number of benzene rings is 2. The van der Waals surface area contributed by atoms with Crippen LogP contribution in [0.1, 0.15) is 21.6 Å². The molecule has 2 aromatic carbocycles. The number of aromatic nitrogens is 1. The minimum atomic E-state index is -0.144. The van der Waals surface area contributed by atoms with Crippen LogP contribution in [0.4, 0.5) is 5.69 Å². The lowest BCUT2D eigenvalue weighted by Gasteiger charge is -2.10. The molecule has 0 radical (unpaired) electrons. The Balaban J connectivity index is 1.70. The number of anilines is 1. The Morgan fingerprint density at radius 3 is 2.72 bits per heavy atom. The molecule has 1 amide bonds. The molecule has 1 heterocycles. The van der Waals surface area contributed by atoms with E-state index in [-0.39, 0.29) is 5.91 Å². The van der Waals surface area contributed by atoms with Crippen molar-refractivity contribution in [2.75, 3.05) is 5.32 Å². The van der Waals surface area contributed by atoms with E-state index in [1.54, 1.807) is 23.1 Å². The van der Waals surface area contributed by atoms with Gasteiger partial charge in [-0.1, -0.05) is 24.3 Å². The van der Waals surface area contributed by atoms with Gasteiger partial charge in [-0.05, 0) is 29.8 Å². The van der Waals surface area contributed by atoms with E-state index in [4.69, 9.17) is 5.26 Å². The van der Waals surface area contributed by atoms with Crippen LogP contribution in [0.3, 0.4) is 0 Å². The standard InChI is InChI=1S/C19H15N3OS2/c20-10-9-14-5-7-15(8-6-14)22-19(23)17-3-1-2-4-18(17)25-12-16-11-24-13-21-16/h1-8,11,13H,9,12H2,(H,22,23). The average Bonchev–Trinajstić information content (AvgIpc) is 3.16. The van der Waals surface area contributed by atoms with E-state index < -0.39 is 0 Å². The second-order valence-corrected chi connectivity index (χ2v) is 6.99. The van der Waals surface area contributed by atoms with E-state index >= 15 is 0 Å². The first-order valence-electron chi connectivity index (χ1n) is 7.62. The second kappa shape index (κ2) is 8.47. The van der Waals surface area contributed by atoms with E-state index in [1.807, 2.05) is 59.4 Å². The number of nitriles is 1. The fourth-order valence-corrected chi connectivity index (χ4v) is 3.85. The van der Waals surface area contributed by atoms with Crippen LogP contribution in [0.5, 0.6) is 0 Å². The summed E-state index contributed by atoms with van der Waals surface area (Å²) in [7, 11) is 0. The summed E-state index contributed by atoms with van der Waals surface area (Å²) in [5.41, 5.74) is 5.11. The van der Waals surface area contributed by atoms with Crippen molar-refractivity contribution in [3.8, 4) is 6.07 Å². The molecule has 3 aromatic rings. The molecular weight excluding hydrogens is 350 g/mol. The number of carbonyl (C=O) groups is 1. The van der Waals surface area contributed by atoms with Gasteiger partial charge in [-0.2, -0.15) is 5.26 Å². The van der Waals surface area contributed by atoms with Crippen LogP contribution in [0.15, 0.2) is 64.3 Å². The molecule has 0 saturated heterocycles. The van der Waals surface area contributed by atoms with Crippen molar-refractivity contribution in [2.24, 2.45) is 0 Å². The zero-order valence-electron chi connectivity index (χ0n) is 13.3. The molecule has 1 N–H and O–H groups in total. The van der Waals surface area contributed by atoms with E-state index in [0.29, 0.717) is 17.7 Å².